The zero-order chi connectivity index (χ0) is 17.1. The van der Waals surface area contributed by atoms with Crippen LogP contribution in [0, 0.1) is 5.92 Å². The second kappa shape index (κ2) is 7.18. The highest BCUT2D eigenvalue weighted by Crippen LogP contribution is 2.42. The summed E-state index contributed by atoms with van der Waals surface area (Å²) in [7, 11) is 0. The summed E-state index contributed by atoms with van der Waals surface area (Å²) in [6.07, 6.45) is 8.10. The fraction of sp³-hybridized carbons (Fsp3) is 0.381. The smallest absolute Gasteiger partial charge is 0.209 e. The van der Waals surface area contributed by atoms with Crippen molar-refractivity contribution < 1.29 is 9.90 Å². The normalized spacial score (nSPS) is 21.0. The number of aliphatic hydroxyl groups is 1. The van der Waals surface area contributed by atoms with Crippen LogP contribution in [0.3, 0.4) is 0 Å². The lowest BCUT2D eigenvalue weighted by molar-refractivity contribution is -0.117. The highest BCUT2D eigenvalue weighted by Gasteiger charge is 2.28. The molecule has 1 amide bonds. The van der Waals surface area contributed by atoms with E-state index >= 15 is 0 Å². The van der Waals surface area contributed by atoms with Crippen molar-refractivity contribution in [2.45, 2.75) is 31.8 Å². The SMILES string of the molecule is C=C/C=C(\C(=C)C1CC1)c1ccc(C2CCN(C=O)C2)c(CO)c1. The second-order valence-electron chi connectivity index (χ2n) is 6.77. The van der Waals surface area contributed by atoms with Crippen LogP contribution in [-0.4, -0.2) is 29.5 Å². The van der Waals surface area contributed by atoms with Crippen molar-refractivity contribution in [3.63, 3.8) is 0 Å². The third kappa shape index (κ3) is 3.36. The maximum Gasteiger partial charge on any atom is 0.209 e. The quantitative estimate of drug-likeness (QED) is 0.614. The van der Waals surface area contributed by atoms with Gasteiger partial charge >= 0.3 is 0 Å². The van der Waals surface area contributed by atoms with Crippen molar-refractivity contribution in [3.05, 3.63) is 65.8 Å². The van der Waals surface area contributed by atoms with E-state index in [1.165, 1.54) is 18.4 Å². The van der Waals surface area contributed by atoms with E-state index < -0.39 is 0 Å². The number of allylic oxidation sites excluding steroid dienone is 4. The molecule has 1 saturated carbocycles. The number of aliphatic hydroxyl groups excluding tert-OH is 1. The highest BCUT2D eigenvalue weighted by atomic mass is 16.3. The Labute approximate surface area is 144 Å². The summed E-state index contributed by atoms with van der Waals surface area (Å²) >= 11 is 0. The highest BCUT2D eigenvalue weighted by molar-refractivity contribution is 5.81. The third-order valence-corrected chi connectivity index (χ3v) is 5.13. The number of nitrogens with zero attached hydrogens (tertiary/aromatic N) is 1. The van der Waals surface area contributed by atoms with Crippen LogP contribution in [0.1, 0.15) is 41.9 Å². The van der Waals surface area contributed by atoms with Gasteiger partial charge in [0.15, 0.2) is 0 Å². The molecule has 1 atom stereocenters. The Bertz CT molecular complexity index is 685. The Morgan fingerprint density at radius 1 is 1.33 bits per heavy atom. The molecular formula is C21H25NO2. The van der Waals surface area contributed by atoms with Gasteiger partial charge in [-0.25, -0.2) is 0 Å². The second-order valence-corrected chi connectivity index (χ2v) is 6.77. The van der Waals surface area contributed by atoms with Crippen molar-refractivity contribution >= 4 is 12.0 Å². The molecule has 2 aliphatic rings. The number of carbonyl (C=O) groups excluding carboxylic acids is 1. The number of hydrogen-bond acceptors (Lipinski definition) is 2. The van der Waals surface area contributed by atoms with Gasteiger partial charge in [0.05, 0.1) is 6.61 Å². The van der Waals surface area contributed by atoms with E-state index in [9.17, 15) is 9.90 Å². The summed E-state index contributed by atoms with van der Waals surface area (Å²) in [6.45, 7) is 9.63. The number of benzene rings is 1. The van der Waals surface area contributed by atoms with E-state index in [2.05, 4.69) is 31.4 Å². The van der Waals surface area contributed by atoms with Crippen LogP contribution in [0.2, 0.25) is 0 Å². The van der Waals surface area contributed by atoms with Gasteiger partial charge < -0.3 is 10.0 Å². The van der Waals surface area contributed by atoms with Crippen LogP contribution in [0.5, 0.6) is 0 Å². The molecule has 0 bridgehead atoms. The summed E-state index contributed by atoms with van der Waals surface area (Å²) in [6, 6.07) is 6.29. The van der Waals surface area contributed by atoms with Crippen molar-refractivity contribution in [1.29, 1.82) is 0 Å². The first-order valence-electron chi connectivity index (χ1n) is 8.63. The molecule has 126 valence electrons. The monoisotopic (exact) mass is 323 g/mol. The first-order valence-corrected chi connectivity index (χ1v) is 8.63. The first kappa shape index (κ1) is 16.7. The topological polar surface area (TPSA) is 40.5 Å². The molecule has 1 N–H and O–H groups in total. The van der Waals surface area contributed by atoms with Crippen LogP contribution in [0.15, 0.2) is 49.1 Å². The van der Waals surface area contributed by atoms with Crippen LogP contribution in [-0.2, 0) is 11.4 Å². The molecule has 0 radical (unpaired) electrons. The predicted molar refractivity (Wildman–Crippen MR) is 97.4 cm³/mol. The molecule has 1 saturated heterocycles. The van der Waals surface area contributed by atoms with Crippen molar-refractivity contribution in [2.75, 3.05) is 13.1 Å². The fourth-order valence-electron chi connectivity index (χ4n) is 3.60. The summed E-state index contributed by atoms with van der Waals surface area (Å²) in [4.78, 5) is 12.8. The van der Waals surface area contributed by atoms with E-state index in [4.69, 9.17) is 0 Å². The zero-order valence-electron chi connectivity index (χ0n) is 14.1. The predicted octanol–water partition coefficient (Wildman–Crippen LogP) is 3.66. The maximum absolute atomic E-state index is 10.9. The van der Waals surface area contributed by atoms with Gasteiger partial charge in [-0.05, 0) is 59.1 Å². The molecule has 1 aromatic rings. The summed E-state index contributed by atoms with van der Waals surface area (Å²) in [5, 5.41) is 9.85. The van der Waals surface area contributed by atoms with E-state index in [1.54, 1.807) is 11.0 Å². The summed E-state index contributed by atoms with van der Waals surface area (Å²) in [5.74, 6) is 0.898. The molecule has 1 unspecified atom stereocenters. The van der Waals surface area contributed by atoms with Gasteiger partial charge in [0.1, 0.15) is 0 Å². The van der Waals surface area contributed by atoms with Crippen molar-refractivity contribution in [1.82, 2.24) is 4.90 Å². The minimum absolute atomic E-state index is 0.0119. The minimum atomic E-state index is 0.0119. The molecule has 0 spiro atoms. The standard InChI is InChI=1S/C21H25NO2/c1-3-4-20(15(2)16-5-6-16)17-7-8-21(19(11-17)13-23)18-9-10-22(12-18)14-24/h3-4,7-8,11,14,16,18,23H,1-2,5-6,9-10,12-13H2/b20-4+. The Hall–Kier alpha value is -2.13. The number of carbonyl (C=O) groups is 1. The average molecular weight is 323 g/mol. The first-order chi connectivity index (χ1) is 11.7. The van der Waals surface area contributed by atoms with Crippen LogP contribution >= 0.6 is 0 Å². The number of hydrogen-bond donors (Lipinski definition) is 1. The van der Waals surface area contributed by atoms with Crippen molar-refractivity contribution in [3.8, 4) is 0 Å². The van der Waals surface area contributed by atoms with Gasteiger partial charge in [-0.15, -0.1) is 0 Å². The number of likely N-dealkylation sites (tertiary alicyclic amines) is 1. The van der Waals surface area contributed by atoms with Crippen molar-refractivity contribution in [2.24, 2.45) is 5.92 Å². The molecule has 1 aliphatic carbocycles. The number of amides is 1. The fourth-order valence-corrected chi connectivity index (χ4v) is 3.60. The molecule has 1 aromatic carbocycles. The maximum atomic E-state index is 10.9. The van der Waals surface area contributed by atoms with E-state index in [1.807, 2.05) is 6.08 Å². The van der Waals surface area contributed by atoms with Crippen LogP contribution < -0.4 is 0 Å². The Morgan fingerprint density at radius 2 is 2.12 bits per heavy atom. The van der Waals surface area contributed by atoms with E-state index in [0.717, 1.165) is 48.2 Å². The Kier molecular flexibility index (Phi) is 5.00. The molecule has 3 nitrogen and oxygen atoms in total. The van der Waals surface area contributed by atoms with Gasteiger partial charge in [0.2, 0.25) is 6.41 Å². The Balaban J connectivity index is 1.90. The van der Waals surface area contributed by atoms with Crippen LogP contribution in [0.25, 0.3) is 5.57 Å². The molecule has 2 fully saturated rings. The van der Waals surface area contributed by atoms with Gasteiger partial charge in [-0.3, -0.25) is 4.79 Å². The molecule has 24 heavy (non-hydrogen) atoms. The molecule has 0 aromatic heterocycles. The number of rotatable bonds is 7. The molecule has 3 heteroatoms. The summed E-state index contributed by atoms with van der Waals surface area (Å²) in [5.41, 5.74) is 5.48. The molecule has 1 aliphatic heterocycles. The Morgan fingerprint density at radius 3 is 2.71 bits per heavy atom. The largest absolute Gasteiger partial charge is 0.392 e. The lowest BCUT2D eigenvalue weighted by atomic mass is 9.88. The van der Waals surface area contributed by atoms with Gasteiger partial charge in [-0.1, -0.05) is 37.4 Å². The molecular weight excluding hydrogens is 298 g/mol. The van der Waals surface area contributed by atoms with Gasteiger partial charge in [-0.2, -0.15) is 0 Å². The van der Waals surface area contributed by atoms with Crippen LogP contribution in [0.4, 0.5) is 0 Å². The summed E-state index contributed by atoms with van der Waals surface area (Å²) < 4.78 is 0. The van der Waals surface area contributed by atoms with Gasteiger partial charge in [0, 0.05) is 19.0 Å². The minimum Gasteiger partial charge on any atom is -0.392 e. The molecule has 1 heterocycles. The lowest BCUT2D eigenvalue weighted by Gasteiger charge is -2.18. The van der Waals surface area contributed by atoms with E-state index in [-0.39, 0.29) is 6.61 Å². The lowest BCUT2D eigenvalue weighted by Crippen LogP contribution is -2.18. The zero-order valence-corrected chi connectivity index (χ0v) is 14.1. The van der Waals surface area contributed by atoms with E-state index in [0.29, 0.717) is 11.8 Å². The molecule has 3 rings (SSSR count). The average Bonchev–Trinajstić information content (AvgIpc) is 3.36. The van der Waals surface area contributed by atoms with Gasteiger partial charge in [0.25, 0.3) is 0 Å². The third-order valence-electron chi connectivity index (χ3n) is 5.13.